The average molecular weight is 239 g/mol. The van der Waals surface area contributed by atoms with Gasteiger partial charge in [0.15, 0.2) is 0 Å². The molecule has 4 nitrogen and oxygen atoms in total. The number of rotatable bonds is 3. The Labute approximate surface area is 105 Å². The number of fused-ring (bicyclic) bond motifs is 1. The second-order valence-electron chi connectivity index (χ2n) is 4.12. The van der Waals surface area contributed by atoms with E-state index >= 15 is 0 Å². The number of nitriles is 1. The molecule has 1 atom stereocenters. The van der Waals surface area contributed by atoms with Crippen LogP contribution in [0.25, 0.3) is 10.8 Å². The summed E-state index contributed by atoms with van der Waals surface area (Å²) in [5.74, 6) is -0.241. The first kappa shape index (κ1) is 12.1. The lowest BCUT2D eigenvalue weighted by Crippen LogP contribution is -2.32. The minimum atomic E-state index is -0.241. The second kappa shape index (κ2) is 5.28. The third-order valence-electron chi connectivity index (χ3n) is 2.66. The van der Waals surface area contributed by atoms with Crippen molar-refractivity contribution < 1.29 is 4.79 Å². The number of hydrogen-bond donors (Lipinski definition) is 1. The van der Waals surface area contributed by atoms with Gasteiger partial charge in [0.25, 0.3) is 5.91 Å². The molecule has 4 heteroatoms. The number of amides is 1. The molecule has 0 aliphatic heterocycles. The summed E-state index contributed by atoms with van der Waals surface area (Å²) in [7, 11) is 0. The summed E-state index contributed by atoms with van der Waals surface area (Å²) < 4.78 is 0. The quantitative estimate of drug-likeness (QED) is 0.893. The first-order valence-corrected chi connectivity index (χ1v) is 5.74. The summed E-state index contributed by atoms with van der Waals surface area (Å²) in [5, 5.41) is 13.1. The van der Waals surface area contributed by atoms with E-state index in [1.54, 1.807) is 13.1 Å². The molecule has 1 unspecified atom stereocenters. The Bertz CT molecular complexity index is 610. The van der Waals surface area contributed by atoms with Gasteiger partial charge in [0.05, 0.1) is 12.5 Å². The maximum Gasteiger partial charge on any atom is 0.270 e. The highest BCUT2D eigenvalue weighted by Crippen LogP contribution is 2.16. The van der Waals surface area contributed by atoms with Gasteiger partial charge >= 0.3 is 0 Å². The molecule has 2 rings (SSSR count). The van der Waals surface area contributed by atoms with E-state index in [0.717, 1.165) is 10.8 Å². The molecule has 1 heterocycles. The fourth-order valence-corrected chi connectivity index (χ4v) is 1.78. The van der Waals surface area contributed by atoms with Gasteiger partial charge in [-0.3, -0.25) is 9.78 Å². The van der Waals surface area contributed by atoms with Gasteiger partial charge in [-0.25, -0.2) is 0 Å². The normalized spacial score (nSPS) is 11.8. The van der Waals surface area contributed by atoms with Crippen molar-refractivity contribution in [1.29, 1.82) is 5.26 Å². The fraction of sp³-hybridized carbons (Fsp3) is 0.214. The molecule has 90 valence electrons. The molecule has 2 aromatic rings. The molecule has 1 aromatic heterocycles. The molecule has 0 aliphatic carbocycles. The van der Waals surface area contributed by atoms with Gasteiger partial charge in [-0.1, -0.05) is 24.3 Å². The van der Waals surface area contributed by atoms with Crippen LogP contribution in [-0.2, 0) is 0 Å². The Balaban J connectivity index is 2.31. The van der Waals surface area contributed by atoms with Crippen LogP contribution < -0.4 is 5.32 Å². The SMILES string of the molecule is CC(CC#N)NC(=O)c1nccc2ccccc12. The predicted molar refractivity (Wildman–Crippen MR) is 68.9 cm³/mol. The summed E-state index contributed by atoms with van der Waals surface area (Å²) in [4.78, 5) is 16.2. The summed E-state index contributed by atoms with van der Waals surface area (Å²) in [5.41, 5.74) is 0.401. The highest BCUT2D eigenvalue weighted by atomic mass is 16.1. The number of aromatic nitrogens is 1. The maximum absolute atomic E-state index is 12.1. The van der Waals surface area contributed by atoms with Crippen LogP contribution in [0.5, 0.6) is 0 Å². The zero-order valence-electron chi connectivity index (χ0n) is 10.1. The third kappa shape index (κ3) is 2.46. The van der Waals surface area contributed by atoms with Crippen molar-refractivity contribution in [3.63, 3.8) is 0 Å². The molecule has 0 aliphatic rings. The number of benzene rings is 1. The predicted octanol–water partition coefficient (Wildman–Crippen LogP) is 2.27. The van der Waals surface area contributed by atoms with E-state index in [1.165, 1.54) is 0 Å². The summed E-state index contributed by atoms with van der Waals surface area (Å²) >= 11 is 0. The van der Waals surface area contributed by atoms with Crippen molar-refractivity contribution in [2.75, 3.05) is 0 Å². The molecule has 0 bridgehead atoms. The highest BCUT2D eigenvalue weighted by Gasteiger charge is 2.13. The van der Waals surface area contributed by atoms with Crippen molar-refractivity contribution in [1.82, 2.24) is 10.3 Å². The van der Waals surface area contributed by atoms with E-state index in [1.807, 2.05) is 36.4 Å². The highest BCUT2D eigenvalue weighted by molar-refractivity contribution is 6.05. The first-order valence-electron chi connectivity index (χ1n) is 5.74. The molecule has 18 heavy (non-hydrogen) atoms. The molecule has 0 saturated carbocycles. The number of carbonyl (C=O) groups excluding carboxylic acids is 1. The number of hydrogen-bond acceptors (Lipinski definition) is 3. The Morgan fingerprint density at radius 3 is 3.00 bits per heavy atom. The van der Waals surface area contributed by atoms with Crippen molar-refractivity contribution in [2.24, 2.45) is 0 Å². The van der Waals surface area contributed by atoms with Crippen LogP contribution >= 0.6 is 0 Å². The second-order valence-corrected chi connectivity index (χ2v) is 4.12. The minimum absolute atomic E-state index is 0.178. The van der Waals surface area contributed by atoms with Gasteiger partial charge in [-0.15, -0.1) is 0 Å². The lowest BCUT2D eigenvalue weighted by molar-refractivity contribution is 0.0937. The van der Waals surface area contributed by atoms with E-state index in [2.05, 4.69) is 10.3 Å². The van der Waals surface area contributed by atoms with Gasteiger partial charge in [-0.2, -0.15) is 5.26 Å². The van der Waals surface area contributed by atoms with E-state index in [-0.39, 0.29) is 18.4 Å². The lowest BCUT2D eigenvalue weighted by Gasteiger charge is -2.11. The summed E-state index contributed by atoms with van der Waals surface area (Å²) in [6.07, 6.45) is 1.91. The Hall–Kier alpha value is -2.41. The zero-order chi connectivity index (χ0) is 13.0. The summed E-state index contributed by atoms with van der Waals surface area (Å²) in [6, 6.07) is 11.3. The third-order valence-corrected chi connectivity index (χ3v) is 2.66. The molecule has 0 fully saturated rings. The van der Waals surface area contributed by atoms with Gasteiger partial charge in [0, 0.05) is 17.6 Å². The molecule has 0 saturated heterocycles. The Kier molecular flexibility index (Phi) is 3.54. The lowest BCUT2D eigenvalue weighted by atomic mass is 10.1. The molecule has 1 amide bonds. The first-order chi connectivity index (χ1) is 8.72. The number of nitrogens with zero attached hydrogens (tertiary/aromatic N) is 2. The number of carbonyl (C=O) groups is 1. The van der Waals surface area contributed by atoms with Crippen molar-refractivity contribution in [2.45, 2.75) is 19.4 Å². The largest absolute Gasteiger partial charge is 0.347 e. The minimum Gasteiger partial charge on any atom is -0.347 e. The maximum atomic E-state index is 12.1. The van der Waals surface area contributed by atoms with Gasteiger partial charge in [-0.05, 0) is 18.4 Å². The van der Waals surface area contributed by atoms with Crippen LogP contribution in [0.3, 0.4) is 0 Å². The topological polar surface area (TPSA) is 65.8 Å². The Morgan fingerprint density at radius 1 is 1.44 bits per heavy atom. The van der Waals surface area contributed by atoms with E-state index in [4.69, 9.17) is 5.26 Å². The molecule has 0 spiro atoms. The van der Waals surface area contributed by atoms with Crippen LogP contribution in [0.15, 0.2) is 36.5 Å². The van der Waals surface area contributed by atoms with E-state index in [9.17, 15) is 4.79 Å². The van der Waals surface area contributed by atoms with Crippen molar-refractivity contribution in [3.8, 4) is 6.07 Å². The molecule has 1 N–H and O–H groups in total. The van der Waals surface area contributed by atoms with Crippen LogP contribution in [0, 0.1) is 11.3 Å². The van der Waals surface area contributed by atoms with E-state index < -0.39 is 0 Å². The Morgan fingerprint density at radius 2 is 2.22 bits per heavy atom. The van der Waals surface area contributed by atoms with Crippen LogP contribution in [-0.4, -0.2) is 16.9 Å². The monoisotopic (exact) mass is 239 g/mol. The number of pyridine rings is 1. The zero-order valence-corrected chi connectivity index (χ0v) is 10.1. The number of nitrogens with one attached hydrogen (secondary N) is 1. The van der Waals surface area contributed by atoms with Crippen LogP contribution in [0.2, 0.25) is 0 Å². The molecular weight excluding hydrogens is 226 g/mol. The molecule has 0 radical (unpaired) electrons. The van der Waals surface area contributed by atoms with Gasteiger partial charge in [0.1, 0.15) is 5.69 Å². The van der Waals surface area contributed by atoms with Gasteiger partial charge < -0.3 is 5.32 Å². The fourth-order valence-electron chi connectivity index (χ4n) is 1.78. The molecule has 1 aromatic carbocycles. The standard InChI is InChI=1S/C14H13N3O/c1-10(6-8-15)17-14(18)13-12-5-3-2-4-11(12)7-9-16-13/h2-5,7,9-10H,6H2,1H3,(H,17,18). The summed E-state index contributed by atoms with van der Waals surface area (Å²) in [6.45, 7) is 1.80. The van der Waals surface area contributed by atoms with E-state index in [0.29, 0.717) is 5.69 Å². The van der Waals surface area contributed by atoms with Crippen molar-refractivity contribution >= 4 is 16.7 Å². The molecular formula is C14H13N3O. The van der Waals surface area contributed by atoms with Crippen LogP contribution in [0.4, 0.5) is 0 Å². The average Bonchev–Trinajstić information content (AvgIpc) is 2.38. The van der Waals surface area contributed by atoms with Crippen molar-refractivity contribution in [3.05, 3.63) is 42.2 Å². The van der Waals surface area contributed by atoms with Crippen LogP contribution in [0.1, 0.15) is 23.8 Å². The smallest absolute Gasteiger partial charge is 0.270 e. The van der Waals surface area contributed by atoms with Gasteiger partial charge in [0.2, 0.25) is 0 Å².